The molecule has 2 aromatic carbocycles. The number of ketones is 1. The van der Waals surface area contributed by atoms with Crippen molar-refractivity contribution in [3.8, 4) is 11.5 Å². The largest absolute Gasteiger partial charge is 0.497 e. The van der Waals surface area contributed by atoms with Gasteiger partial charge in [-0.3, -0.25) is 19.4 Å². The van der Waals surface area contributed by atoms with Crippen molar-refractivity contribution in [3.63, 3.8) is 0 Å². The topological polar surface area (TPSA) is 59.1 Å². The molecular weight excluding hydrogens is 380 g/mol. The minimum Gasteiger partial charge on any atom is -0.497 e. The van der Waals surface area contributed by atoms with Crippen LogP contribution in [0.2, 0.25) is 0 Å². The van der Waals surface area contributed by atoms with Crippen LogP contribution in [-0.4, -0.2) is 44.0 Å². The number of Topliss-reactive ketones (excluding diaryl/α,β-unsaturated/α-hetero) is 1. The summed E-state index contributed by atoms with van der Waals surface area (Å²) >= 11 is 0. The van der Waals surface area contributed by atoms with Gasteiger partial charge in [0, 0.05) is 24.2 Å². The number of ether oxygens (including phenoxy) is 2. The zero-order chi connectivity index (χ0) is 21.4. The van der Waals surface area contributed by atoms with Gasteiger partial charge in [-0.05, 0) is 42.5 Å². The Morgan fingerprint density at radius 1 is 1.07 bits per heavy atom. The number of carbonyl (C=O) groups excluding carboxylic acids is 2. The van der Waals surface area contributed by atoms with E-state index in [0.29, 0.717) is 23.8 Å². The monoisotopic (exact) mass is 408 g/mol. The summed E-state index contributed by atoms with van der Waals surface area (Å²) in [5.74, 6) is 0.966. The fraction of sp³-hybridized carbons (Fsp3) is 0.417. The third-order valence-corrected chi connectivity index (χ3v) is 6.15. The average Bonchev–Trinajstić information content (AvgIpc) is 3.31. The predicted molar refractivity (Wildman–Crippen MR) is 115 cm³/mol. The van der Waals surface area contributed by atoms with E-state index in [1.54, 1.807) is 19.1 Å². The highest BCUT2D eigenvalue weighted by Gasteiger charge is 2.39. The molecule has 1 saturated heterocycles. The second-order valence-corrected chi connectivity index (χ2v) is 8.21. The lowest BCUT2D eigenvalue weighted by Crippen LogP contribution is -2.40. The number of hydrogen-bond acceptors (Lipinski definition) is 5. The zero-order valence-electron chi connectivity index (χ0n) is 18.0. The second kappa shape index (κ2) is 8.11. The molecule has 0 unspecified atom stereocenters. The molecule has 1 amide bonds. The Bertz CT molecular complexity index is 985. The van der Waals surface area contributed by atoms with Crippen LogP contribution in [0.3, 0.4) is 0 Å². The van der Waals surface area contributed by atoms with Gasteiger partial charge in [0.2, 0.25) is 0 Å². The third-order valence-electron chi connectivity index (χ3n) is 6.15. The van der Waals surface area contributed by atoms with E-state index in [0.717, 1.165) is 42.0 Å². The van der Waals surface area contributed by atoms with Crippen molar-refractivity contribution in [2.45, 2.75) is 38.6 Å². The van der Waals surface area contributed by atoms with Gasteiger partial charge in [0.25, 0.3) is 5.78 Å². The maximum absolute atomic E-state index is 12.8. The van der Waals surface area contributed by atoms with Gasteiger partial charge in [-0.1, -0.05) is 26.0 Å². The SMILES string of the molecule is COc1ccc([C@H]2CCCN2CN2C(=O)C(=O)c3cc(C(C)C)ccc32)c(OC)c1. The molecule has 2 aliphatic rings. The molecule has 6 nitrogen and oxygen atoms in total. The molecule has 2 heterocycles. The van der Waals surface area contributed by atoms with Gasteiger partial charge < -0.3 is 9.47 Å². The van der Waals surface area contributed by atoms with E-state index in [2.05, 4.69) is 18.7 Å². The third kappa shape index (κ3) is 3.45. The smallest absolute Gasteiger partial charge is 0.300 e. The molecule has 0 aromatic heterocycles. The van der Waals surface area contributed by atoms with Gasteiger partial charge in [0.1, 0.15) is 11.5 Å². The summed E-state index contributed by atoms with van der Waals surface area (Å²) in [6, 6.07) is 11.8. The van der Waals surface area contributed by atoms with Gasteiger partial charge >= 0.3 is 5.91 Å². The predicted octanol–water partition coefficient (Wildman–Crippen LogP) is 4.15. The number of benzene rings is 2. The maximum atomic E-state index is 12.8. The van der Waals surface area contributed by atoms with Crippen LogP contribution in [0.1, 0.15) is 60.1 Å². The van der Waals surface area contributed by atoms with Gasteiger partial charge in [-0.2, -0.15) is 0 Å². The Labute approximate surface area is 177 Å². The maximum Gasteiger partial charge on any atom is 0.300 e. The van der Waals surface area contributed by atoms with Crippen LogP contribution >= 0.6 is 0 Å². The van der Waals surface area contributed by atoms with Gasteiger partial charge in [0.15, 0.2) is 0 Å². The number of fused-ring (bicyclic) bond motifs is 1. The number of carbonyl (C=O) groups is 2. The van der Waals surface area contributed by atoms with Crippen LogP contribution in [0.25, 0.3) is 0 Å². The van der Waals surface area contributed by atoms with Crippen LogP contribution in [-0.2, 0) is 4.79 Å². The highest BCUT2D eigenvalue weighted by atomic mass is 16.5. The Morgan fingerprint density at radius 3 is 2.57 bits per heavy atom. The fourth-order valence-corrected chi connectivity index (χ4v) is 4.44. The summed E-state index contributed by atoms with van der Waals surface area (Å²) in [5, 5.41) is 0. The minimum atomic E-state index is -0.446. The first-order chi connectivity index (χ1) is 14.4. The van der Waals surface area contributed by atoms with Crippen molar-refractivity contribution in [2.75, 3.05) is 32.3 Å². The molecule has 1 fully saturated rings. The van der Waals surface area contributed by atoms with Crippen LogP contribution in [0.15, 0.2) is 36.4 Å². The van der Waals surface area contributed by atoms with Crippen molar-refractivity contribution in [1.29, 1.82) is 0 Å². The van der Waals surface area contributed by atoms with E-state index in [4.69, 9.17) is 9.47 Å². The molecule has 158 valence electrons. The molecule has 2 aliphatic heterocycles. The summed E-state index contributed by atoms with van der Waals surface area (Å²) in [6.45, 7) is 5.41. The Hall–Kier alpha value is -2.86. The molecule has 0 bridgehead atoms. The summed E-state index contributed by atoms with van der Waals surface area (Å²) < 4.78 is 10.9. The lowest BCUT2D eigenvalue weighted by atomic mass is 9.99. The van der Waals surface area contributed by atoms with Crippen LogP contribution in [0.5, 0.6) is 11.5 Å². The molecule has 0 radical (unpaired) electrons. The standard InChI is InChI=1S/C24H28N2O4/c1-15(2)16-7-10-21-19(12-16)23(27)24(28)26(21)14-25-11-5-6-20(25)18-9-8-17(29-3)13-22(18)30-4/h7-10,12-13,15,20H,5-6,11,14H2,1-4H3/t20-/m1/s1. The normalized spacial score (nSPS) is 19.0. The van der Waals surface area contributed by atoms with E-state index in [9.17, 15) is 9.59 Å². The first-order valence-corrected chi connectivity index (χ1v) is 10.4. The molecule has 0 N–H and O–H groups in total. The number of hydrogen-bond donors (Lipinski definition) is 0. The molecule has 2 aromatic rings. The molecule has 1 atom stereocenters. The van der Waals surface area contributed by atoms with Crippen LogP contribution in [0, 0.1) is 0 Å². The molecule has 0 aliphatic carbocycles. The molecule has 30 heavy (non-hydrogen) atoms. The average molecular weight is 408 g/mol. The summed E-state index contributed by atoms with van der Waals surface area (Å²) in [4.78, 5) is 29.3. The van der Waals surface area contributed by atoms with E-state index in [1.807, 2.05) is 36.4 Å². The van der Waals surface area contributed by atoms with Crippen molar-refractivity contribution in [2.24, 2.45) is 0 Å². The quantitative estimate of drug-likeness (QED) is 0.672. The van der Waals surface area contributed by atoms with E-state index in [1.165, 1.54) is 0 Å². The first kappa shape index (κ1) is 20.4. The number of methoxy groups -OCH3 is 2. The highest BCUT2D eigenvalue weighted by Crippen LogP contribution is 2.40. The molecule has 0 spiro atoms. The Kier molecular flexibility index (Phi) is 5.52. The van der Waals surface area contributed by atoms with Crippen molar-refractivity contribution < 1.29 is 19.1 Å². The van der Waals surface area contributed by atoms with Gasteiger partial charge in [-0.25, -0.2) is 0 Å². The van der Waals surface area contributed by atoms with Gasteiger partial charge in [0.05, 0.1) is 32.1 Å². The number of anilines is 1. The second-order valence-electron chi connectivity index (χ2n) is 8.21. The van der Waals surface area contributed by atoms with E-state index in [-0.39, 0.29) is 6.04 Å². The first-order valence-electron chi connectivity index (χ1n) is 10.4. The number of amides is 1. The molecular formula is C24H28N2O4. The number of likely N-dealkylation sites (tertiary alicyclic amines) is 1. The zero-order valence-corrected chi connectivity index (χ0v) is 18.0. The lowest BCUT2D eigenvalue weighted by molar-refractivity contribution is -0.114. The highest BCUT2D eigenvalue weighted by molar-refractivity contribution is 6.52. The summed E-state index contributed by atoms with van der Waals surface area (Å²) in [7, 11) is 3.29. The van der Waals surface area contributed by atoms with E-state index < -0.39 is 11.7 Å². The number of rotatable bonds is 6. The van der Waals surface area contributed by atoms with Gasteiger partial charge in [-0.15, -0.1) is 0 Å². The minimum absolute atomic E-state index is 0.118. The van der Waals surface area contributed by atoms with Crippen molar-refractivity contribution >= 4 is 17.4 Å². The fourth-order valence-electron chi connectivity index (χ4n) is 4.44. The Balaban J connectivity index is 1.62. The summed E-state index contributed by atoms with van der Waals surface area (Å²) in [5.41, 5.74) is 3.37. The van der Waals surface area contributed by atoms with E-state index >= 15 is 0 Å². The molecule has 6 heteroatoms. The molecule has 4 rings (SSSR count). The Morgan fingerprint density at radius 2 is 1.87 bits per heavy atom. The van der Waals surface area contributed by atoms with Crippen molar-refractivity contribution in [1.82, 2.24) is 4.90 Å². The molecule has 0 saturated carbocycles. The van der Waals surface area contributed by atoms with Crippen LogP contribution < -0.4 is 14.4 Å². The summed E-state index contributed by atoms with van der Waals surface area (Å²) in [6.07, 6.45) is 1.99. The lowest BCUT2D eigenvalue weighted by Gasteiger charge is -2.30. The van der Waals surface area contributed by atoms with Crippen LogP contribution in [0.4, 0.5) is 5.69 Å². The van der Waals surface area contributed by atoms with Crippen molar-refractivity contribution in [3.05, 3.63) is 53.1 Å². The number of nitrogens with zero attached hydrogens (tertiary/aromatic N) is 2.